The number of hydrogen-bond acceptors (Lipinski definition) is 5. The number of aliphatic carboxylic acids is 1. The van der Waals surface area contributed by atoms with Gasteiger partial charge in [0, 0.05) is 34.4 Å². The van der Waals surface area contributed by atoms with Crippen LogP contribution in [0.4, 0.5) is 13.2 Å². The molecule has 0 atom stereocenters. The fraction of sp³-hybridized carbons (Fsp3) is 0.111. The summed E-state index contributed by atoms with van der Waals surface area (Å²) in [5.74, 6) is -4.39. The molecule has 140 valence electrons. The second-order valence-corrected chi connectivity index (χ2v) is 6.77. The first-order valence-electron chi connectivity index (χ1n) is 7.54. The average Bonchev–Trinajstić information content (AvgIpc) is 3.05. The number of rotatable bonds is 6. The van der Waals surface area contributed by atoms with Gasteiger partial charge in [-0.15, -0.1) is 11.3 Å². The van der Waals surface area contributed by atoms with Crippen molar-refractivity contribution in [2.24, 2.45) is 0 Å². The Morgan fingerprint density at radius 3 is 2.63 bits per heavy atom. The monoisotopic (exact) mass is 412 g/mol. The van der Waals surface area contributed by atoms with Gasteiger partial charge in [-0.05, 0) is 24.3 Å². The van der Waals surface area contributed by atoms with Crippen LogP contribution in [0.15, 0.2) is 35.7 Å². The Kier molecular flexibility index (Phi) is 5.67. The number of carboxylic acids is 1. The van der Waals surface area contributed by atoms with Crippen LogP contribution in [-0.2, 0) is 17.8 Å². The highest BCUT2D eigenvalue weighted by molar-refractivity contribution is 7.13. The molecule has 1 aromatic heterocycles. The molecule has 0 fully saturated rings. The van der Waals surface area contributed by atoms with E-state index in [1.165, 1.54) is 23.5 Å². The zero-order valence-corrected chi connectivity index (χ0v) is 15.0. The lowest BCUT2D eigenvalue weighted by molar-refractivity contribution is -0.304. The molecule has 0 aliphatic rings. The van der Waals surface area contributed by atoms with Crippen molar-refractivity contribution >= 4 is 28.9 Å². The minimum Gasteiger partial charge on any atom is -0.550 e. The molecule has 27 heavy (non-hydrogen) atoms. The number of benzene rings is 2. The lowest BCUT2D eigenvalue weighted by Crippen LogP contribution is -2.24. The topological polar surface area (TPSA) is 62.2 Å². The van der Waals surface area contributed by atoms with Crippen LogP contribution in [0.5, 0.6) is 5.75 Å². The Balaban J connectivity index is 1.87. The Hall–Kier alpha value is -2.58. The molecule has 2 aromatic carbocycles. The van der Waals surface area contributed by atoms with E-state index in [1.54, 1.807) is 11.4 Å². The van der Waals surface area contributed by atoms with Crippen LogP contribution >= 0.6 is 22.9 Å². The SMILES string of the molecule is O=C([O-])Cc1csc(-c2cc(Cl)ccc2OCc2cc(F)c(F)cc2F)n1. The highest BCUT2D eigenvalue weighted by atomic mass is 35.5. The smallest absolute Gasteiger partial charge is 0.161 e. The maximum Gasteiger partial charge on any atom is 0.161 e. The molecule has 0 unspecified atom stereocenters. The Bertz CT molecular complexity index is 1010. The summed E-state index contributed by atoms with van der Waals surface area (Å²) in [5.41, 5.74) is 0.610. The minimum atomic E-state index is -1.29. The third kappa shape index (κ3) is 4.58. The van der Waals surface area contributed by atoms with Crippen molar-refractivity contribution in [2.75, 3.05) is 0 Å². The van der Waals surface area contributed by atoms with Crippen LogP contribution < -0.4 is 9.84 Å². The van der Waals surface area contributed by atoms with Crippen LogP contribution in [-0.4, -0.2) is 11.0 Å². The predicted molar refractivity (Wildman–Crippen MR) is 91.9 cm³/mol. The van der Waals surface area contributed by atoms with Gasteiger partial charge >= 0.3 is 0 Å². The van der Waals surface area contributed by atoms with Gasteiger partial charge in [-0.25, -0.2) is 18.2 Å². The van der Waals surface area contributed by atoms with E-state index >= 15 is 0 Å². The summed E-state index contributed by atoms with van der Waals surface area (Å²) in [7, 11) is 0. The number of aromatic nitrogens is 1. The molecule has 0 aliphatic heterocycles. The number of carboxylic acid groups (broad SMARTS) is 1. The van der Waals surface area contributed by atoms with Gasteiger partial charge in [0.2, 0.25) is 0 Å². The molecule has 0 aliphatic carbocycles. The van der Waals surface area contributed by atoms with Crippen molar-refractivity contribution in [2.45, 2.75) is 13.0 Å². The van der Waals surface area contributed by atoms with E-state index in [9.17, 15) is 23.1 Å². The number of thiazole rings is 1. The normalized spacial score (nSPS) is 10.8. The number of halogens is 4. The van der Waals surface area contributed by atoms with Crippen molar-refractivity contribution < 1.29 is 27.8 Å². The zero-order valence-electron chi connectivity index (χ0n) is 13.5. The summed E-state index contributed by atoms with van der Waals surface area (Å²) in [5, 5.41) is 13.1. The van der Waals surface area contributed by atoms with E-state index in [1.807, 2.05) is 0 Å². The quantitative estimate of drug-likeness (QED) is 0.578. The second-order valence-electron chi connectivity index (χ2n) is 5.48. The number of carbonyl (C=O) groups excluding carboxylic acids is 1. The van der Waals surface area contributed by atoms with Gasteiger partial charge in [-0.3, -0.25) is 0 Å². The highest BCUT2D eigenvalue weighted by Crippen LogP contribution is 2.35. The van der Waals surface area contributed by atoms with Gasteiger partial charge < -0.3 is 14.6 Å². The Morgan fingerprint density at radius 1 is 1.15 bits per heavy atom. The van der Waals surface area contributed by atoms with Crippen LogP contribution in [0.2, 0.25) is 5.02 Å². The molecule has 0 bridgehead atoms. The number of hydrogen-bond donors (Lipinski definition) is 0. The van der Waals surface area contributed by atoms with Crippen molar-refractivity contribution in [3.8, 4) is 16.3 Å². The maximum absolute atomic E-state index is 13.8. The molecular weight excluding hydrogens is 403 g/mol. The molecule has 0 amide bonds. The van der Waals surface area contributed by atoms with Gasteiger partial charge in [0.05, 0.1) is 11.3 Å². The van der Waals surface area contributed by atoms with Crippen molar-refractivity contribution in [3.63, 3.8) is 0 Å². The highest BCUT2D eigenvalue weighted by Gasteiger charge is 2.15. The lowest BCUT2D eigenvalue weighted by Gasteiger charge is -2.11. The van der Waals surface area contributed by atoms with Gasteiger partial charge in [-0.1, -0.05) is 11.6 Å². The summed E-state index contributed by atoms with van der Waals surface area (Å²) in [6, 6.07) is 5.79. The molecule has 9 heteroatoms. The predicted octanol–water partition coefficient (Wildman–Crippen LogP) is 3.75. The summed E-state index contributed by atoms with van der Waals surface area (Å²) < 4.78 is 45.6. The first-order valence-corrected chi connectivity index (χ1v) is 8.79. The largest absolute Gasteiger partial charge is 0.550 e. The molecule has 0 saturated heterocycles. The molecule has 4 nitrogen and oxygen atoms in total. The third-order valence-corrected chi connectivity index (χ3v) is 4.68. The average molecular weight is 413 g/mol. The molecule has 0 spiro atoms. The third-order valence-electron chi connectivity index (χ3n) is 3.52. The molecule has 0 saturated carbocycles. The van der Waals surface area contributed by atoms with E-state index in [0.717, 1.165) is 6.07 Å². The Labute approximate surface area is 160 Å². The molecule has 1 heterocycles. The summed E-state index contributed by atoms with van der Waals surface area (Å²) >= 11 is 7.18. The zero-order chi connectivity index (χ0) is 19.6. The number of nitrogens with zero attached hydrogens (tertiary/aromatic N) is 1. The standard InChI is InChI=1S/C18H11ClF3NO3S/c19-10-1-2-16(26-7-9-3-14(21)15(22)6-13(9)20)12(4-10)18-23-11(8-27-18)5-17(24)25/h1-4,6,8H,5,7H2,(H,24,25)/p-1. The van der Waals surface area contributed by atoms with E-state index in [-0.39, 0.29) is 24.3 Å². The maximum atomic E-state index is 13.8. The van der Waals surface area contributed by atoms with Gasteiger partial charge in [-0.2, -0.15) is 0 Å². The number of ether oxygens (including phenoxy) is 1. The first-order chi connectivity index (χ1) is 12.8. The number of carbonyl (C=O) groups is 1. The van der Waals surface area contributed by atoms with E-state index < -0.39 is 23.4 Å². The van der Waals surface area contributed by atoms with Crippen LogP contribution in [0.3, 0.4) is 0 Å². The Morgan fingerprint density at radius 2 is 1.89 bits per heavy atom. The van der Waals surface area contributed by atoms with Gasteiger partial charge in [0.15, 0.2) is 11.6 Å². The molecule has 3 aromatic rings. The van der Waals surface area contributed by atoms with Crippen molar-refractivity contribution in [3.05, 3.63) is 69.4 Å². The molecule has 3 rings (SSSR count). The molecular formula is C18H10ClF3NO3S-. The fourth-order valence-electron chi connectivity index (χ4n) is 2.28. The fourth-order valence-corrected chi connectivity index (χ4v) is 3.30. The van der Waals surface area contributed by atoms with Crippen molar-refractivity contribution in [1.29, 1.82) is 0 Å². The minimum absolute atomic E-state index is 0.161. The van der Waals surface area contributed by atoms with Gasteiger partial charge in [0.1, 0.15) is 23.2 Å². The first kappa shape index (κ1) is 19.2. The lowest BCUT2D eigenvalue weighted by atomic mass is 10.2. The summed E-state index contributed by atoms with van der Waals surface area (Å²) in [6.45, 7) is -0.352. The van der Waals surface area contributed by atoms with Crippen LogP contribution in [0, 0.1) is 17.5 Å². The van der Waals surface area contributed by atoms with Gasteiger partial charge in [0.25, 0.3) is 0 Å². The van der Waals surface area contributed by atoms with Crippen LogP contribution in [0.25, 0.3) is 10.6 Å². The van der Waals surface area contributed by atoms with E-state index in [4.69, 9.17) is 16.3 Å². The van der Waals surface area contributed by atoms with E-state index in [0.29, 0.717) is 27.4 Å². The van der Waals surface area contributed by atoms with Crippen LogP contribution in [0.1, 0.15) is 11.3 Å². The molecule has 0 N–H and O–H groups in total. The second kappa shape index (κ2) is 7.98. The van der Waals surface area contributed by atoms with Crippen molar-refractivity contribution in [1.82, 2.24) is 4.98 Å². The summed E-state index contributed by atoms with van der Waals surface area (Å²) in [6.07, 6.45) is -0.340. The summed E-state index contributed by atoms with van der Waals surface area (Å²) in [4.78, 5) is 14.9. The molecule has 0 radical (unpaired) electrons. The van der Waals surface area contributed by atoms with E-state index in [2.05, 4.69) is 4.98 Å².